The van der Waals surface area contributed by atoms with Crippen LogP contribution in [0.2, 0.25) is 5.02 Å². The normalized spacial score (nSPS) is 12.7. The van der Waals surface area contributed by atoms with E-state index >= 15 is 0 Å². The van der Waals surface area contributed by atoms with E-state index in [4.69, 9.17) is 22.5 Å². The fraction of sp³-hybridized carbons (Fsp3) is 0.0667. The Labute approximate surface area is 127 Å². The minimum atomic E-state index is -0.720. The Morgan fingerprint density at radius 3 is 2.52 bits per heavy atom. The number of amides is 1. The average Bonchev–Trinajstić information content (AvgIpc) is 2.52. The van der Waals surface area contributed by atoms with E-state index in [1.165, 1.54) is 0 Å². The lowest BCUT2D eigenvalue weighted by molar-refractivity contribution is 0.0946. The molecule has 0 saturated heterocycles. The second kappa shape index (κ2) is 6.76. The quantitative estimate of drug-likeness (QED) is 0.351. The number of hydrogen-bond acceptors (Lipinski definition) is 3. The lowest BCUT2D eigenvalue weighted by Crippen LogP contribution is -2.37. The number of nitrogens with zero attached hydrogens (tertiary/aromatic N) is 1. The highest BCUT2D eigenvalue weighted by molar-refractivity contribution is 6.31. The highest BCUT2D eigenvalue weighted by Gasteiger charge is 2.19. The van der Waals surface area contributed by atoms with E-state index in [1.54, 1.807) is 48.5 Å². The first kappa shape index (κ1) is 14.9. The molecular formula is C15H14ClN3O2. The molecule has 0 aromatic heterocycles. The number of nitrogens with one attached hydrogen (secondary N) is 1. The molecule has 0 heterocycles. The molecule has 0 saturated carbocycles. The molecule has 0 bridgehead atoms. The molecule has 0 aliphatic carbocycles. The van der Waals surface area contributed by atoms with Crippen molar-refractivity contribution in [2.24, 2.45) is 10.9 Å². The van der Waals surface area contributed by atoms with Gasteiger partial charge in [-0.3, -0.25) is 4.79 Å². The van der Waals surface area contributed by atoms with Gasteiger partial charge in [0.1, 0.15) is 6.04 Å². The largest absolute Gasteiger partial charge is 0.409 e. The first-order valence-corrected chi connectivity index (χ1v) is 6.58. The summed E-state index contributed by atoms with van der Waals surface area (Å²) in [5, 5.41) is 15.0. The number of carbonyl (C=O) groups is 1. The predicted molar refractivity (Wildman–Crippen MR) is 81.5 cm³/mol. The van der Waals surface area contributed by atoms with Crippen LogP contribution in [-0.2, 0) is 0 Å². The molecule has 0 aliphatic heterocycles. The van der Waals surface area contributed by atoms with Crippen LogP contribution in [0, 0.1) is 0 Å². The molecule has 21 heavy (non-hydrogen) atoms. The van der Waals surface area contributed by atoms with Crippen LogP contribution in [0.5, 0.6) is 0 Å². The molecule has 1 unspecified atom stereocenters. The van der Waals surface area contributed by atoms with Gasteiger partial charge >= 0.3 is 0 Å². The van der Waals surface area contributed by atoms with Crippen molar-refractivity contribution in [2.75, 3.05) is 0 Å². The van der Waals surface area contributed by atoms with Crippen molar-refractivity contribution in [3.8, 4) is 0 Å². The molecule has 0 radical (unpaired) electrons. The van der Waals surface area contributed by atoms with E-state index in [0.717, 1.165) is 0 Å². The Balaban J connectivity index is 2.26. The minimum Gasteiger partial charge on any atom is -0.409 e. The third-order valence-electron chi connectivity index (χ3n) is 2.91. The Bertz CT molecular complexity index is 659. The van der Waals surface area contributed by atoms with Gasteiger partial charge in [-0.1, -0.05) is 53.2 Å². The summed E-state index contributed by atoms with van der Waals surface area (Å²) in [6.45, 7) is 0. The first-order chi connectivity index (χ1) is 10.1. The number of rotatable bonds is 4. The molecule has 1 atom stereocenters. The average molecular weight is 304 g/mol. The lowest BCUT2D eigenvalue weighted by Gasteiger charge is -2.18. The maximum absolute atomic E-state index is 12.2. The van der Waals surface area contributed by atoms with Crippen molar-refractivity contribution in [2.45, 2.75) is 6.04 Å². The standard InChI is InChI=1S/C15H14ClN3O2/c16-12-8-4-7-11(9-12)15(20)18-13(14(17)19-21)10-5-2-1-3-6-10/h1-9,13,21H,(H2,17,19)(H,18,20). The number of nitrogens with two attached hydrogens (primary N) is 1. The van der Waals surface area contributed by atoms with Crippen molar-refractivity contribution in [3.63, 3.8) is 0 Å². The van der Waals surface area contributed by atoms with Gasteiger partial charge in [0.25, 0.3) is 5.91 Å². The zero-order valence-corrected chi connectivity index (χ0v) is 11.8. The maximum atomic E-state index is 12.2. The number of oxime groups is 1. The second-order valence-electron chi connectivity index (χ2n) is 4.35. The van der Waals surface area contributed by atoms with Crippen LogP contribution in [-0.4, -0.2) is 17.0 Å². The van der Waals surface area contributed by atoms with Gasteiger partial charge in [-0.25, -0.2) is 0 Å². The number of benzene rings is 2. The molecule has 0 fully saturated rings. The molecule has 1 amide bonds. The first-order valence-electron chi connectivity index (χ1n) is 6.20. The van der Waals surface area contributed by atoms with Crippen molar-refractivity contribution in [1.82, 2.24) is 5.32 Å². The summed E-state index contributed by atoms with van der Waals surface area (Å²) < 4.78 is 0. The molecule has 0 spiro atoms. The van der Waals surface area contributed by atoms with Gasteiger partial charge in [0.15, 0.2) is 5.84 Å². The van der Waals surface area contributed by atoms with Crippen molar-refractivity contribution >= 4 is 23.3 Å². The molecule has 4 N–H and O–H groups in total. The lowest BCUT2D eigenvalue weighted by atomic mass is 10.1. The van der Waals surface area contributed by atoms with Gasteiger partial charge < -0.3 is 16.3 Å². The van der Waals surface area contributed by atoms with Crippen molar-refractivity contribution in [1.29, 1.82) is 0 Å². The third kappa shape index (κ3) is 3.73. The van der Waals surface area contributed by atoms with E-state index in [1.807, 2.05) is 6.07 Å². The van der Waals surface area contributed by atoms with Crippen molar-refractivity contribution in [3.05, 3.63) is 70.7 Å². The Morgan fingerprint density at radius 1 is 1.19 bits per heavy atom. The number of carbonyl (C=O) groups excluding carboxylic acids is 1. The molecule has 5 nitrogen and oxygen atoms in total. The van der Waals surface area contributed by atoms with Gasteiger partial charge in [-0.15, -0.1) is 0 Å². The van der Waals surface area contributed by atoms with Gasteiger partial charge in [-0.05, 0) is 23.8 Å². The fourth-order valence-electron chi connectivity index (χ4n) is 1.88. The highest BCUT2D eigenvalue weighted by Crippen LogP contribution is 2.15. The molecular weight excluding hydrogens is 290 g/mol. The smallest absolute Gasteiger partial charge is 0.252 e. The van der Waals surface area contributed by atoms with Crippen LogP contribution in [0.1, 0.15) is 22.0 Å². The van der Waals surface area contributed by atoms with E-state index in [9.17, 15) is 4.79 Å². The van der Waals surface area contributed by atoms with E-state index in [-0.39, 0.29) is 11.7 Å². The summed E-state index contributed by atoms with van der Waals surface area (Å²) in [7, 11) is 0. The molecule has 6 heteroatoms. The molecule has 0 aliphatic rings. The van der Waals surface area contributed by atoms with Gasteiger partial charge in [-0.2, -0.15) is 0 Å². The molecule has 2 rings (SSSR count). The fourth-order valence-corrected chi connectivity index (χ4v) is 2.07. The van der Waals surface area contributed by atoms with Gasteiger partial charge in [0.05, 0.1) is 0 Å². The monoisotopic (exact) mass is 303 g/mol. The van der Waals surface area contributed by atoms with Crippen LogP contribution < -0.4 is 11.1 Å². The van der Waals surface area contributed by atoms with Crippen LogP contribution in [0.25, 0.3) is 0 Å². The van der Waals surface area contributed by atoms with E-state index in [0.29, 0.717) is 16.1 Å². The Morgan fingerprint density at radius 2 is 1.90 bits per heavy atom. The number of amidine groups is 1. The molecule has 2 aromatic carbocycles. The van der Waals surface area contributed by atoms with Gasteiger partial charge in [0.2, 0.25) is 0 Å². The summed E-state index contributed by atoms with van der Waals surface area (Å²) in [5.74, 6) is -0.463. The van der Waals surface area contributed by atoms with Crippen LogP contribution in [0.4, 0.5) is 0 Å². The summed E-state index contributed by atoms with van der Waals surface area (Å²) >= 11 is 5.86. The Kier molecular flexibility index (Phi) is 4.79. The van der Waals surface area contributed by atoms with Crippen LogP contribution in [0.3, 0.4) is 0 Å². The number of hydrogen-bond donors (Lipinski definition) is 3. The predicted octanol–water partition coefficient (Wildman–Crippen LogP) is 2.56. The Hall–Kier alpha value is -2.53. The molecule has 108 valence electrons. The van der Waals surface area contributed by atoms with E-state index < -0.39 is 6.04 Å². The molecule has 2 aromatic rings. The second-order valence-corrected chi connectivity index (χ2v) is 4.79. The van der Waals surface area contributed by atoms with E-state index in [2.05, 4.69) is 10.5 Å². The van der Waals surface area contributed by atoms with Crippen molar-refractivity contribution < 1.29 is 10.0 Å². The minimum absolute atomic E-state index is 0.100. The zero-order chi connectivity index (χ0) is 15.2. The van der Waals surface area contributed by atoms with Crippen LogP contribution in [0.15, 0.2) is 59.8 Å². The topological polar surface area (TPSA) is 87.7 Å². The summed E-state index contributed by atoms with van der Waals surface area (Å²) in [6.07, 6.45) is 0. The number of halogens is 1. The zero-order valence-electron chi connectivity index (χ0n) is 11.0. The SMILES string of the molecule is N/C(=N\O)C(NC(=O)c1cccc(Cl)c1)c1ccccc1. The third-order valence-corrected chi connectivity index (χ3v) is 3.14. The van der Waals surface area contributed by atoms with Gasteiger partial charge in [0, 0.05) is 10.6 Å². The van der Waals surface area contributed by atoms with Crippen LogP contribution >= 0.6 is 11.6 Å². The highest BCUT2D eigenvalue weighted by atomic mass is 35.5. The summed E-state index contributed by atoms with van der Waals surface area (Å²) in [4.78, 5) is 12.2. The summed E-state index contributed by atoms with van der Waals surface area (Å²) in [6, 6.07) is 14.8. The summed E-state index contributed by atoms with van der Waals surface area (Å²) in [5.41, 5.74) is 6.77. The maximum Gasteiger partial charge on any atom is 0.252 e.